The number of hydrogen-bond donors (Lipinski definition) is 1. The van der Waals surface area contributed by atoms with Crippen molar-refractivity contribution >= 4 is 6.03 Å². The third kappa shape index (κ3) is 1.47. The van der Waals surface area contributed by atoms with Crippen molar-refractivity contribution in [1.29, 1.82) is 0 Å². The quantitative estimate of drug-likeness (QED) is 0.558. The van der Waals surface area contributed by atoms with Crippen LogP contribution in [0.3, 0.4) is 0 Å². The summed E-state index contributed by atoms with van der Waals surface area (Å²) in [6, 6.07) is 0.0353. The van der Waals surface area contributed by atoms with Gasteiger partial charge in [0, 0.05) is 19.1 Å². The Morgan fingerprint density at radius 3 is 2.64 bits per heavy atom. The van der Waals surface area contributed by atoms with Crippen LogP contribution in [0, 0.1) is 5.92 Å². The molecule has 0 radical (unpaired) electrons. The average molecular weight is 156 g/mol. The number of urea groups is 1. The van der Waals surface area contributed by atoms with Crippen molar-refractivity contribution in [2.45, 2.75) is 26.3 Å². The van der Waals surface area contributed by atoms with Gasteiger partial charge >= 0.3 is 6.03 Å². The van der Waals surface area contributed by atoms with Gasteiger partial charge in [0.25, 0.3) is 0 Å². The predicted molar refractivity (Wildman–Crippen MR) is 44.4 cm³/mol. The molecule has 11 heavy (non-hydrogen) atoms. The monoisotopic (exact) mass is 156 g/mol. The molecule has 1 aliphatic rings. The highest BCUT2D eigenvalue weighted by atomic mass is 16.2. The summed E-state index contributed by atoms with van der Waals surface area (Å²) in [5.74, 6) is 0.505. The maximum absolute atomic E-state index is 11.2. The molecule has 1 rings (SSSR count). The molecule has 1 atom stereocenters. The van der Waals surface area contributed by atoms with Gasteiger partial charge in [-0.2, -0.15) is 0 Å². The third-order valence-corrected chi connectivity index (χ3v) is 2.56. The minimum atomic E-state index is -0.0520. The van der Waals surface area contributed by atoms with Crippen molar-refractivity contribution < 1.29 is 4.79 Å². The van der Waals surface area contributed by atoms with E-state index in [9.17, 15) is 4.79 Å². The van der Waals surface area contributed by atoms with Crippen LogP contribution in [0.15, 0.2) is 0 Å². The number of nitrogens with one attached hydrogen (secondary N) is 1. The molecule has 0 aromatic rings. The van der Waals surface area contributed by atoms with Crippen molar-refractivity contribution in [3.8, 4) is 0 Å². The maximum Gasteiger partial charge on any atom is 0.317 e. The lowest BCUT2D eigenvalue weighted by Crippen LogP contribution is -2.60. The van der Waals surface area contributed by atoms with E-state index in [1.165, 1.54) is 0 Å². The number of carbonyl (C=O) groups is 1. The van der Waals surface area contributed by atoms with Crippen LogP contribution in [0.4, 0.5) is 4.79 Å². The first kappa shape index (κ1) is 8.37. The number of nitrogens with zero attached hydrogens (tertiary/aromatic N) is 1. The molecule has 1 heterocycles. The topological polar surface area (TPSA) is 32.3 Å². The Balaban J connectivity index is 2.70. The molecular formula is C8H16N2O. The summed E-state index contributed by atoms with van der Waals surface area (Å²) in [5, 5.41) is 2.94. The van der Waals surface area contributed by atoms with E-state index >= 15 is 0 Å². The van der Waals surface area contributed by atoms with Crippen molar-refractivity contribution in [3.63, 3.8) is 0 Å². The normalized spacial score (nSPS) is 30.0. The fourth-order valence-electron chi connectivity index (χ4n) is 1.22. The number of hydrogen-bond acceptors (Lipinski definition) is 1. The Kier molecular flexibility index (Phi) is 1.82. The lowest BCUT2D eigenvalue weighted by atomic mass is 9.87. The van der Waals surface area contributed by atoms with E-state index < -0.39 is 0 Å². The summed E-state index contributed by atoms with van der Waals surface area (Å²) in [6.07, 6.45) is 0. The van der Waals surface area contributed by atoms with Gasteiger partial charge in [0.2, 0.25) is 0 Å². The molecule has 1 aliphatic heterocycles. The van der Waals surface area contributed by atoms with E-state index in [1.807, 2.05) is 7.05 Å². The summed E-state index contributed by atoms with van der Waals surface area (Å²) in [5.41, 5.74) is -0.0520. The lowest BCUT2D eigenvalue weighted by molar-refractivity contribution is 0.136. The molecule has 3 heteroatoms. The largest absolute Gasteiger partial charge is 0.333 e. The summed E-state index contributed by atoms with van der Waals surface area (Å²) in [6.45, 7) is 7.11. The summed E-state index contributed by atoms with van der Waals surface area (Å²) >= 11 is 0. The highest BCUT2D eigenvalue weighted by Crippen LogP contribution is 2.21. The van der Waals surface area contributed by atoms with E-state index in [0.717, 1.165) is 6.54 Å². The van der Waals surface area contributed by atoms with E-state index in [4.69, 9.17) is 0 Å². The molecule has 0 aromatic heterocycles. The van der Waals surface area contributed by atoms with E-state index in [1.54, 1.807) is 4.90 Å². The van der Waals surface area contributed by atoms with Crippen molar-refractivity contribution in [2.75, 3.05) is 13.6 Å². The molecule has 0 bridgehead atoms. The lowest BCUT2D eigenvalue weighted by Gasteiger charge is -2.41. The summed E-state index contributed by atoms with van der Waals surface area (Å²) < 4.78 is 0. The van der Waals surface area contributed by atoms with Crippen molar-refractivity contribution in [3.05, 3.63) is 0 Å². The van der Waals surface area contributed by atoms with Crippen molar-refractivity contribution in [1.82, 2.24) is 10.2 Å². The van der Waals surface area contributed by atoms with E-state index in [-0.39, 0.29) is 11.6 Å². The van der Waals surface area contributed by atoms with Gasteiger partial charge in [0.1, 0.15) is 0 Å². The van der Waals surface area contributed by atoms with Gasteiger partial charge in [0.05, 0.1) is 0 Å². The first-order valence-corrected chi connectivity index (χ1v) is 3.97. The van der Waals surface area contributed by atoms with Gasteiger partial charge in [0.15, 0.2) is 0 Å². The maximum atomic E-state index is 11.2. The van der Waals surface area contributed by atoms with Gasteiger partial charge in [-0.1, -0.05) is 6.92 Å². The van der Waals surface area contributed by atoms with Gasteiger partial charge < -0.3 is 10.2 Å². The summed E-state index contributed by atoms with van der Waals surface area (Å²) in [4.78, 5) is 12.9. The standard InChI is InChI=1S/C8H16N2O/c1-6-5-10(4)7(11)9-8(6,2)3/h6H,5H2,1-4H3,(H,9,11). The number of amides is 2. The van der Waals surface area contributed by atoms with Crippen LogP contribution in [0.5, 0.6) is 0 Å². The third-order valence-electron chi connectivity index (χ3n) is 2.56. The van der Waals surface area contributed by atoms with Crippen LogP contribution in [0.1, 0.15) is 20.8 Å². The first-order valence-electron chi connectivity index (χ1n) is 3.97. The van der Waals surface area contributed by atoms with E-state index in [2.05, 4.69) is 26.1 Å². The van der Waals surface area contributed by atoms with Gasteiger partial charge in [-0.25, -0.2) is 4.79 Å². The Morgan fingerprint density at radius 2 is 2.18 bits per heavy atom. The predicted octanol–water partition coefficient (Wildman–Crippen LogP) is 1.06. The fraction of sp³-hybridized carbons (Fsp3) is 0.875. The average Bonchev–Trinajstić information content (AvgIpc) is 1.83. The van der Waals surface area contributed by atoms with Crippen LogP contribution in [-0.4, -0.2) is 30.1 Å². The number of carbonyl (C=O) groups excluding carboxylic acids is 1. The molecule has 1 saturated heterocycles. The molecule has 0 spiro atoms. The SMILES string of the molecule is CC1CN(C)C(=O)NC1(C)C. The minimum absolute atomic E-state index is 0.0353. The molecule has 2 amide bonds. The van der Waals surface area contributed by atoms with Gasteiger partial charge in [-0.3, -0.25) is 0 Å². The fourth-order valence-corrected chi connectivity index (χ4v) is 1.22. The molecule has 64 valence electrons. The van der Waals surface area contributed by atoms with E-state index in [0.29, 0.717) is 5.92 Å². The Bertz CT molecular complexity index is 177. The minimum Gasteiger partial charge on any atom is -0.333 e. The number of rotatable bonds is 0. The molecule has 1 N–H and O–H groups in total. The first-order chi connectivity index (χ1) is 4.93. The zero-order valence-electron chi connectivity index (χ0n) is 7.64. The Labute approximate surface area is 67.8 Å². The molecule has 0 saturated carbocycles. The Morgan fingerprint density at radius 1 is 1.64 bits per heavy atom. The smallest absolute Gasteiger partial charge is 0.317 e. The van der Waals surface area contributed by atoms with Gasteiger partial charge in [-0.15, -0.1) is 0 Å². The molecule has 1 unspecified atom stereocenters. The van der Waals surface area contributed by atoms with Crippen LogP contribution in [-0.2, 0) is 0 Å². The second kappa shape index (κ2) is 2.40. The van der Waals surface area contributed by atoms with Crippen LogP contribution < -0.4 is 5.32 Å². The van der Waals surface area contributed by atoms with Gasteiger partial charge in [-0.05, 0) is 19.8 Å². The molecule has 0 aromatic carbocycles. The van der Waals surface area contributed by atoms with Crippen LogP contribution in [0.25, 0.3) is 0 Å². The second-order valence-corrected chi connectivity index (χ2v) is 3.93. The Hall–Kier alpha value is -0.730. The highest BCUT2D eigenvalue weighted by Gasteiger charge is 2.34. The summed E-state index contributed by atoms with van der Waals surface area (Å²) in [7, 11) is 1.82. The zero-order chi connectivity index (χ0) is 8.65. The molecule has 3 nitrogen and oxygen atoms in total. The molecule has 0 aliphatic carbocycles. The molecular weight excluding hydrogens is 140 g/mol. The second-order valence-electron chi connectivity index (χ2n) is 3.93. The molecule has 1 fully saturated rings. The van der Waals surface area contributed by atoms with Crippen molar-refractivity contribution in [2.24, 2.45) is 5.92 Å². The highest BCUT2D eigenvalue weighted by molar-refractivity contribution is 5.75. The zero-order valence-corrected chi connectivity index (χ0v) is 7.64. The van der Waals surface area contributed by atoms with Crippen LogP contribution >= 0.6 is 0 Å². The van der Waals surface area contributed by atoms with Crippen LogP contribution in [0.2, 0.25) is 0 Å².